The molecule has 3 atom stereocenters. The summed E-state index contributed by atoms with van der Waals surface area (Å²) in [6, 6.07) is 8.59. The molecule has 0 spiro atoms. The lowest BCUT2D eigenvalue weighted by Gasteiger charge is -2.24. The van der Waals surface area contributed by atoms with Crippen molar-refractivity contribution in [3.05, 3.63) is 64.6 Å². The maximum Gasteiger partial charge on any atom is 0.274 e. The number of carbonyl (C=O) groups is 4. The molecule has 2 aromatic rings. The maximum absolute atomic E-state index is 13.2. The van der Waals surface area contributed by atoms with Crippen molar-refractivity contribution < 1.29 is 28.8 Å². The van der Waals surface area contributed by atoms with Gasteiger partial charge in [0.1, 0.15) is 29.5 Å². The molecule has 0 aliphatic carbocycles. The van der Waals surface area contributed by atoms with E-state index >= 15 is 0 Å². The number of aliphatic hydroxyl groups is 1. The predicted octanol–water partition coefficient (Wildman–Crippen LogP) is 2.35. The Kier molecular flexibility index (Phi) is 13.1. The van der Waals surface area contributed by atoms with Gasteiger partial charge in [-0.15, -0.1) is 0 Å². The first-order chi connectivity index (χ1) is 20.2. The van der Waals surface area contributed by atoms with Crippen LogP contribution in [0.2, 0.25) is 0 Å². The molecule has 0 saturated heterocycles. The van der Waals surface area contributed by atoms with E-state index in [0.717, 1.165) is 11.1 Å². The van der Waals surface area contributed by atoms with Gasteiger partial charge in [0.05, 0.1) is 6.10 Å². The summed E-state index contributed by atoms with van der Waals surface area (Å²) in [5.74, 6) is -1.99. The minimum Gasteiger partial charge on any atom is -0.391 e. The Morgan fingerprint density at radius 3 is 2.28 bits per heavy atom. The first-order valence-electron chi connectivity index (χ1n) is 14.2. The highest BCUT2D eigenvalue weighted by Crippen LogP contribution is 2.17. The number of hydrogen-bond donors (Lipinski definition) is 5. The fourth-order valence-corrected chi connectivity index (χ4v) is 3.99. The number of rotatable bonds is 14. The largest absolute Gasteiger partial charge is 0.391 e. The Balaban J connectivity index is 2.06. The van der Waals surface area contributed by atoms with Crippen LogP contribution in [0.15, 0.2) is 46.5 Å². The third-order valence-electron chi connectivity index (χ3n) is 6.28. The maximum atomic E-state index is 13.2. The molecule has 4 amide bonds. The summed E-state index contributed by atoms with van der Waals surface area (Å²) < 4.78 is 4.90. The number of unbranched alkanes of at least 4 members (excludes halogenated alkanes) is 1. The van der Waals surface area contributed by atoms with Crippen LogP contribution in [0.4, 0.5) is 0 Å². The Labute approximate surface area is 252 Å². The highest BCUT2D eigenvalue weighted by atomic mass is 16.5. The normalized spacial score (nSPS) is 13.7. The van der Waals surface area contributed by atoms with Crippen molar-refractivity contribution in [1.82, 2.24) is 26.4 Å². The molecule has 1 heterocycles. The highest BCUT2D eigenvalue weighted by Gasteiger charge is 2.30. The second-order valence-corrected chi connectivity index (χ2v) is 11.6. The monoisotopic (exact) mass is 594 g/mol. The highest BCUT2D eigenvalue weighted by molar-refractivity contribution is 5.98. The van der Waals surface area contributed by atoms with E-state index in [4.69, 9.17) is 4.52 Å². The number of aromatic nitrogens is 1. The van der Waals surface area contributed by atoms with E-state index < -0.39 is 41.8 Å². The molecule has 12 heteroatoms. The third kappa shape index (κ3) is 12.1. The van der Waals surface area contributed by atoms with Crippen LogP contribution in [-0.4, -0.2) is 58.6 Å². The van der Waals surface area contributed by atoms with Crippen molar-refractivity contribution in [2.24, 2.45) is 5.41 Å². The molecule has 2 rings (SSSR count). The summed E-state index contributed by atoms with van der Waals surface area (Å²) in [5, 5.41) is 33.8. The lowest BCUT2D eigenvalue weighted by molar-refractivity contribution is -0.131. The van der Waals surface area contributed by atoms with Crippen molar-refractivity contribution in [2.45, 2.75) is 85.5 Å². The number of allylic oxidation sites excluding steroid dienone is 1. The molecular formula is C31H42N6O6. The van der Waals surface area contributed by atoms with Gasteiger partial charge in [-0.1, -0.05) is 61.8 Å². The number of nitrogens with zero attached hydrogens (tertiary/aromatic N) is 2. The van der Waals surface area contributed by atoms with E-state index in [-0.39, 0.29) is 36.2 Å². The van der Waals surface area contributed by atoms with Gasteiger partial charge in [0.15, 0.2) is 5.69 Å². The van der Waals surface area contributed by atoms with Crippen LogP contribution in [0.5, 0.6) is 0 Å². The first kappa shape index (κ1) is 34.7. The molecule has 0 saturated carbocycles. The minimum atomic E-state index is -1.37. The van der Waals surface area contributed by atoms with Gasteiger partial charge in [-0.25, -0.2) is 0 Å². The van der Waals surface area contributed by atoms with Gasteiger partial charge in [-0.3, -0.25) is 19.2 Å². The summed E-state index contributed by atoms with van der Waals surface area (Å²) in [7, 11) is 0. The van der Waals surface area contributed by atoms with Crippen molar-refractivity contribution >= 4 is 23.6 Å². The Morgan fingerprint density at radius 1 is 1.05 bits per heavy atom. The standard InChI is InChI=1S/C31H42N6O6/c1-19-10-12-22(13-11-19)18-34-28(40)24(9-7-8-14-33-27(39)23(17-32)16-31(4,5)6)35-30(42)26(21(3)38)36-29(41)25-15-20(2)43-37-25/h10-13,15-16,21,24,26,38H,7-9,14,18H2,1-6H3,(H,33,39)(H,34,40)(H,35,42)(H,36,41)/t21-,24+,26+/m1/s1. The average molecular weight is 595 g/mol. The van der Waals surface area contributed by atoms with E-state index in [2.05, 4.69) is 26.4 Å². The predicted molar refractivity (Wildman–Crippen MR) is 159 cm³/mol. The summed E-state index contributed by atoms with van der Waals surface area (Å²) in [6.07, 6.45) is 1.46. The van der Waals surface area contributed by atoms with E-state index in [1.165, 1.54) is 13.0 Å². The van der Waals surface area contributed by atoms with Gasteiger partial charge >= 0.3 is 0 Å². The molecule has 232 valence electrons. The van der Waals surface area contributed by atoms with Gasteiger partial charge in [0, 0.05) is 19.2 Å². The minimum absolute atomic E-state index is 0.0279. The van der Waals surface area contributed by atoms with Crippen LogP contribution in [0.1, 0.15) is 74.3 Å². The van der Waals surface area contributed by atoms with E-state index in [9.17, 15) is 29.5 Å². The number of benzene rings is 1. The first-order valence-corrected chi connectivity index (χ1v) is 14.2. The molecule has 0 bridgehead atoms. The van der Waals surface area contributed by atoms with Crippen LogP contribution in [0, 0.1) is 30.6 Å². The Bertz CT molecular complexity index is 1330. The summed E-state index contributed by atoms with van der Waals surface area (Å²) in [6.45, 7) is 11.1. The van der Waals surface area contributed by atoms with E-state index in [1.54, 1.807) is 13.0 Å². The van der Waals surface area contributed by atoms with Gasteiger partial charge in [0.25, 0.3) is 11.8 Å². The van der Waals surface area contributed by atoms with Crippen LogP contribution in [0.25, 0.3) is 0 Å². The quantitative estimate of drug-likeness (QED) is 0.125. The van der Waals surface area contributed by atoms with Gasteiger partial charge in [0.2, 0.25) is 11.8 Å². The summed E-state index contributed by atoms with van der Waals surface area (Å²) in [5.41, 5.74) is 1.59. The number of amides is 4. The zero-order chi connectivity index (χ0) is 32.2. The van der Waals surface area contributed by atoms with Gasteiger partial charge in [-0.05, 0) is 51.0 Å². The molecule has 0 unspecified atom stereocenters. The van der Waals surface area contributed by atoms with Crippen molar-refractivity contribution in [3.63, 3.8) is 0 Å². The molecule has 1 aromatic carbocycles. The lowest BCUT2D eigenvalue weighted by atomic mass is 9.93. The number of hydrogen-bond acceptors (Lipinski definition) is 8. The zero-order valence-electron chi connectivity index (χ0n) is 25.6. The van der Waals surface area contributed by atoms with Crippen LogP contribution >= 0.6 is 0 Å². The second kappa shape index (κ2) is 16.2. The summed E-state index contributed by atoms with van der Waals surface area (Å²) in [4.78, 5) is 51.3. The molecule has 0 aliphatic heterocycles. The van der Waals surface area contributed by atoms with Crippen LogP contribution < -0.4 is 21.3 Å². The van der Waals surface area contributed by atoms with Crippen molar-refractivity contribution in [1.29, 1.82) is 5.26 Å². The molecule has 0 fully saturated rings. The molecule has 43 heavy (non-hydrogen) atoms. The Hall–Kier alpha value is -4.50. The third-order valence-corrected chi connectivity index (χ3v) is 6.28. The SMILES string of the molecule is Cc1ccc(CNC(=O)[C@H](CCCCNC(=O)C(C#N)=CC(C)(C)C)NC(=O)[C@@H](NC(=O)c2cc(C)on2)[C@@H](C)O)cc1. The Morgan fingerprint density at radius 2 is 1.72 bits per heavy atom. The molecule has 0 radical (unpaired) electrons. The molecule has 5 N–H and O–H groups in total. The summed E-state index contributed by atoms with van der Waals surface area (Å²) >= 11 is 0. The number of aliphatic hydroxyl groups excluding tert-OH is 1. The topological polar surface area (TPSA) is 186 Å². The fraction of sp³-hybridized carbons (Fsp3) is 0.484. The molecule has 12 nitrogen and oxygen atoms in total. The number of aryl methyl sites for hydroxylation is 2. The molecule has 0 aliphatic rings. The van der Waals surface area contributed by atoms with Gasteiger partial charge < -0.3 is 30.9 Å². The molecule has 1 aromatic heterocycles. The van der Waals surface area contributed by atoms with E-state index in [1.807, 2.05) is 58.0 Å². The fourth-order valence-electron chi connectivity index (χ4n) is 3.99. The van der Waals surface area contributed by atoms with Crippen LogP contribution in [0.3, 0.4) is 0 Å². The number of nitrogens with one attached hydrogen (secondary N) is 4. The van der Waals surface area contributed by atoms with Gasteiger partial charge in [-0.2, -0.15) is 5.26 Å². The number of nitriles is 1. The zero-order valence-corrected chi connectivity index (χ0v) is 25.6. The number of carbonyl (C=O) groups excluding carboxylic acids is 4. The van der Waals surface area contributed by atoms with Crippen LogP contribution in [-0.2, 0) is 20.9 Å². The van der Waals surface area contributed by atoms with Crippen molar-refractivity contribution in [2.75, 3.05) is 6.54 Å². The van der Waals surface area contributed by atoms with E-state index in [0.29, 0.717) is 18.6 Å². The second-order valence-electron chi connectivity index (χ2n) is 11.6. The molecular weight excluding hydrogens is 552 g/mol. The smallest absolute Gasteiger partial charge is 0.274 e. The average Bonchev–Trinajstić information content (AvgIpc) is 3.38. The van der Waals surface area contributed by atoms with Crippen molar-refractivity contribution in [3.8, 4) is 6.07 Å². The lowest BCUT2D eigenvalue weighted by Crippen LogP contribution is -2.57.